The fourth-order valence-corrected chi connectivity index (χ4v) is 4.88. The number of likely N-dealkylation sites (N-methyl/N-ethyl adjacent to an activating group) is 1. The highest BCUT2D eigenvalue weighted by Crippen LogP contribution is 2.37. The SMILES string of the molecule is Cc1ccc(CN2CCN(C)CC2)cc1NC(=O)c1ccc(Nc2ncc(C(F)(F)F)c(-c3ccc(OC(F)(F)F)cc3)n2)cc1. The molecule has 0 saturated carbocycles. The second-order valence-corrected chi connectivity index (χ2v) is 10.9. The molecule has 1 saturated heterocycles. The first-order valence-electron chi connectivity index (χ1n) is 14.2. The molecule has 2 heterocycles. The second kappa shape index (κ2) is 13.3. The minimum absolute atomic E-state index is 0.0952. The van der Waals surface area contributed by atoms with Crippen LogP contribution in [0.1, 0.15) is 27.0 Å². The number of rotatable bonds is 8. The summed E-state index contributed by atoms with van der Waals surface area (Å²) in [5.74, 6) is -1.11. The van der Waals surface area contributed by atoms with E-state index in [-0.39, 0.29) is 17.4 Å². The Balaban J connectivity index is 1.28. The van der Waals surface area contributed by atoms with E-state index >= 15 is 0 Å². The van der Waals surface area contributed by atoms with Crippen molar-refractivity contribution in [3.05, 3.63) is 95.2 Å². The molecule has 2 N–H and O–H groups in total. The predicted octanol–water partition coefficient (Wildman–Crippen LogP) is 7.11. The molecule has 0 bridgehead atoms. The van der Waals surface area contributed by atoms with Crippen LogP contribution in [0.3, 0.4) is 0 Å². The van der Waals surface area contributed by atoms with E-state index in [0.29, 0.717) is 23.1 Å². The fraction of sp³-hybridized carbons (Fsp3) is 0.281. The van der Waals surface area contributed by atoms with Gasteiger partial charge in [0.1, 0.15) is 11.3 Å². The Morgan fingerprint density at radius 3 is 2.22 bits per heavy atom. The van der Waals surface area contributed by atoms with Crippen molar-refractivity contribution >= 4 is 23.2 Å². The lowest BCUT2D eigenvalue weighted by molar-refractivity contribution is -0.274. The minimum Gasteiger partial charge on any atom is -0.406 e. The van der Waals surface area contributed by atoms with Crippen LogP contribution < -0.4 is 15.4 Å². The first-order valence-corrected chi connectivity index (χ1v) is 14.2. The monoisotopic (exact) mass is 644 g/mol. The van der Waals surface area contributed by atoms with Crippen molar-refractivity contribution in [2.24, 2.45) is 0 Å². The fourth-order valence-electron chi connectivity index (χ4n) is 4.88. The summed E-state index contributed by atoms with van der Waals surface area (Å²) in [5.41, 5.74) is 1.64. The largest absolute Gasteiger partial charge is 0.573 e. The number of benzene rings is 3. The third-order valence-electron chi connectivity index (χ3n) is 7.41. The van der Waals surface area contributed by atoms with Gasteiger partial charge in [0.25, 0.3) is 5.91 Å². The molecule has 0 spiro atoms. The molecule has 1 aliphatic rings. The number of ether oxygens (including phenoxy) is 1. The van der Waals surface area contributed by atoms with E-state index in [0.717, 1.165) is 68.1 Å². The number of piperazine rings is 1. The molecule has 0 unspecified atom stereocenters. The maximum Gasteiger partial charge on any atom is 0.573 e. The van der Waals surface area contributed by atoms with E-state index in [9.17, 15) is 31.1 Å². The van der Waals surface area contributed by atoms with Crippen molar-refractivity contribution in [3.63, 3.8) is 0 Å². The maximum atomic E-state index is 13.7. The first-order chi connectivity index (χ1) is 21.7. The summed E-state index contributed by atoms with van der Waals surface area (Å²) >= 11 is 0. The summed E-state index contributed by atoms with van der Waals surface area (Å²) in [6, 6.07) is 16.1. The number of halogens is 6. The van der Waals surface area contributed by atoms with Crippen molar-refractivity contribution in [3.8, 4) is 17.0 Å². The van der Waals surface area contributed by atoms with Gasteiger partial charge in [-0.2, -0.15) is 13.2 Å². The summed E-state index contributed by atoms with van der Waals surface area (Å²) in [5, 5.41) is 5.76. The second-order valence-electron chi connectivity index (χ2n) is 10.9. The van der Waals surface area contributed by atoms with E-state index in [2.05, 4.69) is 48.3 Å². The average Bonchev–Trinajstić information content (AvgIpc) is 2.99. The van der Waals surface area contributed by atoms with E-state index in [1.165, 1.54) is 0 Å². The van der Waals surface area contributed by atoms with Crippen molar-refractivity contribution in [2.45, 2.75) is 26.0 Å². The standard InChI is InChI=1S/C32H30F6N6O2/c1-20-3-4-21(19-44-15-13-43(2)14-16-44)17-27(20)41-29(45)23-5-9-24(10-6-23)40-30-39-18-26(31(33,34)35)28(42-30)22-7-11-25(12-8-22)46-32(36,37)38/h3-12,17-18H,13-16,19H2,1-2H3,(H,41,45)(H,39,40,42). The van der Waals surface area contributed by atoms with E-state index in [1.807, 2.05) is 19.1 Å². The van der Waals surface area contributed by atoms with Crippen LogP contribution in [0.4, 0.5) is 43.7 Å². The number of aromatic nitrogens is 2. The van der Waals surface area contributed by atoms with Gasteiger partial charge in [-0.05, 0) is 79.7 Å². The van der Waals surface area contributed by atoms with Gasteiger partial charge in [0.2, 0.25) is 5.95 Å². The molecule has 46 heavy (non-hydrogen) atoms. The van der Waals surface area contributed by atoms with Crippen molar-refractivity contribution < 1.29 is 35.9 Å². The van der Waals surface area contributed by atoms with Crippen LogP contribution in [0, 0.1) is 6.92 Å². The molecular weight excluding hydrogens is 614 g/mol. The van der Waals surface area contributed by atoms with Gasteiger partial charge in [-0.3, -0.25) is 9.69 Å². The lowest BCUT2D eigenvalue weighted by Gasteiger charge is -2.32. The molecule has 242 valence electrons. The van der Waals surface area contributed by atoms with Gasteiger partial charge in [-0.25, -0.2) is 9.97 Å². The van der Waals surface area contributed by atoms with Gasteiger partial charge in [0, 0.05) is 61.4 Å². The maximum absolute atomic E-state index is 13.7. The van der Waals surface area contributed by atoms with Crippen LogP contribution in [-0.2, 0) is 12.7 Å². The molecular formula is C32H30F6N6O2. The predicted molar refractivity (Wildman–Crippen MR) is 161 cm³/mol. The number of anilines is 3. The Morgan fingerprint density at radius 1 is 0.913 bits per heavy atom. The molecule has 8 nitrogen and oxygen atoms in total. The molecule has 0 radical (unpaired) electrons. The molecule has 0 atom stereocenters. The van der Waals surface area contributed by atoms with Crippen LogP contribution in [-0.4, -0.2) is 65.3 Å². The summed E-state index contributed by atoms with van der Waals surface area (Å²) in [4.78, 5) is 25.5. The number of carbonyl (C=O) groups is 1. The van der Waals surface area contributed by atoms with Crippen molar-refractivity contribution in [1.29, 1.82) is 0 Å². The Morgan fingerprint density at radius 2 is 1.59 bits per heavy atom. The third-order valence-corrected chi connectivity index (χ3v) is 7.41. The summed E-state index contributed by atoms with van der Waals surface area (Å²) in [6.45, 7) is 6.64. The molecule has 5 rings (SSSR count). The third kappa shape index (κ3) is 8.52. The number of hydrogen-bond donors (Lipinski definition) is 2. The van der Waals surface area contributed by atoms with Gasteiger partial charge < -0.3 is 20.3 Å². The Hall–Kier alpha value is -4.69. The van der Waals surface area contributed by atoms with Gasteiger partial charge in [-0.15, -0.1) is 13.2 Å². The average molecular weight is 645 g/mol. The van der Waals surface area contributed by atoms with Crippen LogP contribution in [0.25, 0.3) is 11.3 Å². The number of nitrogens with zero attached hydrogens (tertiary/aromatic N) is 4. The highest BCUT2D eigenvalue weighted by Gasteiger charge is 2.36. The van der Waals surface area contributed by atoms with Crippen molar-refractivity contribution in [1.82, 2.24) is 19.8 Å². The molecule has 1 aromatic heterocycles. The Bertz CT molecular complexity index is 1670. The first kappa shape index (κ1) is 32.7. The summed E-state index contributed by atoms with van der Waals surface area (Å²) < 4.78 is 82.5. The number of aryl methyl sites for hydroxylation is 1. The molecule has 0 aliphatic carbocycles. The van der Waals surface area contributed by atoms with Gasteiger partial charge >= 0.3 is 12.5 Å². The Kier molecular flexibility index (Phi) is 9.49. The summed E-state index contributed by atoms with van der Waals surface area (Å²) in [7, 11) is 2.10. The molecule has 14 heteroatoms. The number of nitrogens with one attached hydrogen (secondary N) is 2. The minimum atomic E-state index is -4.95. The highest BCUT2D eigenvalue weighted by atomic mass is 19.4. The normalized spacial score (nSPS) is 14.6. The molecule has 4 aromatic rings. The van der Waals surface area contributed by atoms with Crippen LogP contribution in [0.5, 0.6) is 5.75 Å². The highest BCUT2D eigenvalue weighted by molar-refractivity contribution is 6.04. The van der Waals surface area contributed by atoms with Crippen LogP contribution in [0.15, 0.2) is 72.9 Å². The molecule has 1 fully saturated rings. The lowest BCUT2D eigenvalue weighted by atomic mass is 10.1. The number of alkyl halides is 6. The number of carbonyl (C=O) groups excluding carboxylic acids is 1. The molecule has 3 aromatic carbocycles. The molecule has 1 amide bonds. The van der Waals surface area contributed by atoms with Crippen molar-refractivity contribution in [2.75, 3.05) is 43.9 Å². The van der Waals surface area contributed by atoms with Crippen LogP contribution >= 0.6 is 0 Å². The van der Waals surface area contributed by atoms with Gasteiger partial charge in [-0.1, -0.05) is 12.1 Å². The lowest BCUT2D eigenvalue weighted by Crippen LogP contribution is -2.43. The topological polar surface area (TPSA) is 82.6 Å². The van der Waals surface area contributed by atoms with Gasteiger partial charge in [0.15, 0.2) is 0 Å². The molecule has 1 aliphatic heterocycles. The smallest absolute Gasteiger partial charge is 0.406 e. The number of amides is 1. The van der Waals surface area contributed by atoms with E-state index in [4.69, 9.17) is 0 Å². The zero-order valence-corrected chi connectivity index (χ0v) is 24.8. The summed E-state index contributed by atoms with van der Waals surface area (Å²) in [6.07, 6.45) is -9.19. The van der Waals surface area contributed by atoms with Crippen LogP contribution in [0.2, 0.25) is 0 Å². The quantitative estimate of drug-likeness (QED) is 0.198. The Labute approximate surface area is 261 Å². The number of hydrogen-bond acceptors (Lipinski definition) is 7. The van der Waals surface area contributed by atoms with E-state index < -0.39 is 29.5 Å². The zero-order chi connectivity index (χ0) is 33.1. The van der Waals surface area contributed by atoms with E-state index in [1.54, 1.807) is 24.3 Å². The van der Waals surface area contributed by atoms with Gasteiger partial charge in [0.05, 0.1) is 5.69 Å². The zero-order valence-electron chi connectivity index (χ0n) is 24.8.